The summed E-state index contributed by atoms with van der Waals surface area (Å²) in [5.41, 5.74) is -0.453. The molecule has 2 aromatic heterocycles. The number of fused-ring (bicyclic) bond motifs is 5. The molecule has 10 heteroatoms. The SMILES string of the molecule is Cc1nnc(N2C(=O)c3oc4ccccc4c(=O)c3C23C(=O)N(Cc2ccc(F)cc2)c2ccccc23)s1. The van der Waals surface area contributed by atoms with Crippen LogP contribution in [0.15, 0.2) is 82.0 Å². The molecule has 8 nitrogen and oxygen atoms in total. The summed E-state index contributed by atoms with van der Waals surface area (Å²) in [6.07, 6.45) is 0. The van der Waals surface area contributed by atoms with Crippen LogP contribution >= 0.6 is 11.3 Å². The summed E-state index contributed by atoms with van der Waals surface area (Å²) in [6, 6.07) is 19.5. The zero-order valence-electron chi connectivity index (χ0n) is 19.8. The van der Waals surface area contributed by atoms with Gasteiger partial charge in [-0.2, -0.15) is 0 Å². The van der Waals surface area contributed by atoms with Gasteiger partial charge in [-0.3, -0.25) is 19.3 Å². The number of carbonyl (C=O) groups is 2. The summed E-state index contributed by atoms with van der Waals surface area (Å²) >= 11 is 1.14. The second-order valence-corrected chi connectivity index (χ2v) is 10.3. The largest absolute Gasteiger partial charge is 0.450 e. The molecular weight excluding hydrogens is 507 g/mol. The number of anilines is 2. The Morgan fingerprint density at radius 2 is 1.68 bits per heavy atom. The summed E-state index contributed by atoms with van der Waals surface area (Å²) < 4.78 is 19.6. The van der Waals surface area contributed by atoms with E-state index < -0.39 is 28.6 Å². The van der Waals surface area contributed by atoms with Gasteiger partial charge in [0.15, 0.2) is 11.0 Å². The number of para-hydroxylation sites is 2. The van der Waals surface area contributed by atoms with Gasteiger partial charge >= 0.3 is 0 Å². The summed E-state index contributed by atoms with van der Waals surface area (Å²) in [5.74, 6) is -1.75. The number of aromatic nitrogens is 2. The zero-order valence-corrected chi connectivity index (χ0v) is 20.7. The maximum Gasteiger partial charge on any atom is 0.297 e. The minimum atomic E-state index is -1.85. The first-order chi connectivity index (χ1) is 18.4. The smallest absolute Gasteiger partial charge is 0.297 e. The van der Waals surface area contributed by atoms with Crippen LogP contribution in [0, 0.1) is 12.7 Å². The summed E-state index contributed by atoms with van der Waals surface area (Å²) in [7, 11) is 0. The van der Waals surface area contributed by atoms with Gasteiger partial charge in [-0.1, -0.05) is 53.8 Å². The van der Waals surface area contributed by atoms with E-state index in [2.05, 4.69) is 10.2 Å². The first-order valence-electron chi connectivity index (χ1n) is 11.8. The van der Waals surface area contributed by atoms with Crippen LogP contribution in [0.25, 0.3) is 11.0 Å². The number of rotatable bonds is 3. The van der Waals surface area contributed by atoms with Crippen LogP contribution in [0.1, 0.15) is 32.3 Å². The standard InChI is InChI=1S/C28H17FN4O4S/c1-15-30-31-27(38-15)33-25(35)24-22(23(34)18-6-2-5-9-21(18)37-24)28(33)19-7-3-4-8-20(19)32(26(28)36)14-16-10-12-17(29)13-11-16/h2-13H,14H2,1H3. The molecule has 0 aliphatic carbocycles. The van der Waals surface area contributed by atoms with Crippen LogP contribution in [0.4, 0.5) is 15.2 Å². The number of amides is 2. The van der Waals surface area contributed by atoms with Crippen LogP contribution in [-0.4, -0.2) is 22.0 Å². The molecule has 186 valence electrons. The minimum Gasteiger partial charge on any atom is -0.450 e. The maximum absolute atomic E-state index is 14.7. The van der Waals surface area contributed by atoms with E-state index >= 15 is 0 Å². The predicted octanol–water partition coefficient (Wildman–Crippen LogP) is 4.54. The van der Waals surface area contributed by atoms with Crippen molar-refractivity contribution in [1.29, 1.82) is 0 Å². The maximum atomic E-state index is 14.7. The Labute approximate surface area is 218 Å². The highest BCUT2D eigenvalue weighted by atomic mass is 32.1. The van der Waals surface area contributed by atoms with Gasteiger partial charge in [-0.15, -0.1) is 10.2 Å². The van der Waals surface area contributed by atoms with Crippen molar-refractivity contribution in [2.24, 2.45) is 0 Å². The van der Waals surface area contributed by atoms with E-state index in [4.69, 9.17) is 4.42 Å². The van der Waals surface area contributed by atoms with E-state index in [1.807, 2.05) is 0 Å². The summed E-state index contributed by atoms with van der Waals surface area (Å²) in [4.78, 5) is 45.6. The molecule has 0 radical (unpaired) electrons. The molecule has 4 heterocycles. The highest BCUT2D eigenvalue weighted by Gasteiger charge is 2.66. The Morgan fingerprint density at radius 3 is 2.45 bits per heavy atom. The third kappa shape index (κ3) is 2.86. The Hall–Kier alpha value is -4.70. The molecule has 0 saturated carbocycles. The van der Waals surface area contributed by atoms with E-state index in [1.165, 1.54) is 21.9 Å². The Balaban J connectivity index is 1.55. The molecular formula is C28H17FN4O4S. The predicted molar refractivity (Wildman–Crippen MR) is 139 cm³/mol. The molecule has 0 bridgehead atoms. The van der Waals surface area contributed by atoms with Crippen molar-refractivity contribution in [2.45, 2.75) is 19.0 Å². The van der Waals surface area contributed by atoms with Gasteiger partial charge in [0.1, 0.15) is 16.4 Å². The summed E-state index contributed by atoms with van der Waals surface area (Å²) in [5, 5.41) is 9.29. The first-order valence-corrected chi connectivity index (χ1v) is 12.6. The number of carbonyl (C=O) groups excluding carboxylic acids is 2. The van der Waals surface area contributed by atoms with E-state index in [0.717, 1.165) is 11.3 Å². The Bertz CT molecular complexity index is 1870. The lowest BCUT2D eigenvalue weighted by Crippen LogP contribution is -2.53. The van der Waals surface area contributed by atoms with Crippen molar-refractivity contribution in [1.82, 2.24) is 10.2 Å². The van der Waals surface area contributed by atoms with Gasteiger partial charge in [-0.25, -0.2) is 4.39 Å². The highest BCUT2D eigenvalue weighted by molar-refractivity contribution is 7.15. The molecule has 2 aliphatic rings. The van der Waals surface area contributed by atoms with Crippen molar-refractivity contribution in [3.05, 3.63) is 116 Å². The fraction of sp³-hybridized carbons (Fsp3) is 0.107. The first kappa shape index (κ1) is 22.5. The van der Waals surface area contributed by atoms with Crippen LogP contribution in [0.5, 0.6) is 0 Å². The van der Waals surface area contributed by atoms with Crippen molar-refractivity contribution >= 4 is 44.9 Å². The second-order valence-electron chi connectivity index (χ2n) is 9.12. The van der Waals surface area contributed by atoms with Gasteiger partial charge in [-0.05, 0) is 42.8 Å². The third-order valence-corrected chi connectivity index (χ3v) is 7.82. The second kappa shape index (κ2) is 7.90. The van der Waals surface area contributed by atoms with Crippen LogP contribution in [0.3, 0.4) is 0 Å². The van der Waals surface area contributed by atoms with Crippen LogP contribution < -0.4 is 15.2 Å². The van der Waals surface area contributed by atoms with Gasteiger partial charge < -0.3 is 9.32 Å². The monoisotopic (exact) mass is 524 g/mol. The fourth-order valence-corrected chi connectivity index (χ4v) is 6.15. The van der Waals surface area contributed by atoms with Crippen molar-refractivity contribution in [3.8, 4) is 0 Å². The normalized spacial score (nSPS) is 18.1. The number of benzene rings is 3. The van der Waals surface area contributed by atoms with Gasteiger partial charge in [0.2, 0.25) is 10.9 Å². The Morgan fingerprint density at radius 1 is 0.947 bits per heavy atom. The quantitative estimate of drug-likeness (QED) is 0.344. The van der Waals surface area contributed by atoms with Crippen LogP contribution in [0.2, 0.25) is 0 Å². The molecule has 1 unspecified atom stereocenters. The van der Waals surface area contributed by atoms with Gasteiger partial charge in [0.05, 0.1) is 23.2 Å². The van der Waals surface area contributed by atoms with Crippen LogP contribution in [-0.2, 0) is 16.9 Å². The molecule has 1 spiro atoms. The Kier molecular flexibility index (Phi) is 4.67. The molecule has 0 fully saturated rings. The molecule has 0 N–H and O–H groups in total. The average molecular weight is 525 g/mol. The molecule has 5 aromatic rings. The highest BCUT2D eigenvalue weighted by Crippen LogP contribution is 2.54. The van der Waals surface area contributed by atoms with Crippen molar-refractivity contribution < 1.29 is 18.4 Å². The lowest BCUT2D eigenvalue weighted by molar-refractivity contribution is -0.121. The fourth-order valence-electron chi connectivity index (χ4n) is 5.42. The topological polar surface area (TPSA) is 96.6 Å². The zero-order chi connectivity index (χ0) is 26.2. The average Bonchev–Trinajstić information content (AvgIpc) is 3.54. The molecule has 2 aliphatic heterocycles. The number of hydrogen-bond donors (Lipinski definition) is 0. The third-order valence-electron chi connectivity index (χ3n) is 6.99. The number of halogens is 1. The van der Waals surface area contributed by atoms with Gasteiger partial charge in [0, 0.05) is 5.56 Å². The minimum absolute atomic E-state index is 0.0480. The van der Waals surface area contributed by atoms with Crippen molar-refractivity contribution in [2.75, 3.05) is 9.80 Å². The van der Waals surface area contributed by atoms with E-state index in [0.29, 0.717) is 21.8 Å². The molecule has 0 saturated heterocycles. The van der Waals surface area contributed by atoms with E-state index in [-0.39, 0.29) is 34.0 Å². The molecule has 38 heavy (non-hydrogen) atoms. The lowest BCUT2D eigenvalue weighted by atomic mass is 9.84. The molecule has 7 rings (SSSR count). The van der Waals surface area contributed by atoms with Gasteiger partial charge in [0.25, 0.3) is 11.8 Å². The van der Waals surface area contributed by atoms with Crippen molar-refractivity contribution in [3.63, 3.8) is 0 Å². The number of nitrogens with zero attached hydrogens (tertiary/aromatic N) is 4. The molecule has 1 atom stereocenters. The number of aryl methyl sites for hydroxylation is 1. The number of hydrogen-bond acceptors (Lipinski definition) is 7. The molecule has 3 aromatic carbocycles. The molecule has 2 amide bonds. The lowest BCUT2D eigenvalue weighted by Gasteiger charge is -2.32. The summed E-state index contributed by atoms with van der Waals surface area (Å²) in [6.45, 7) is 1.84. The van der Waals surface area contributed by atoms with E-state index in [1.54, 1.807) is 67.6 Å². The van der Waals surface area contributed by atoms with E-state index in [9.17, 15) is 18.8 Å².